The Morgan fingerprint density at radius 1 is 1.09 bits per heavy atom. The lowest BCUT2D eigenvalue weighted by Crippen LogP contribution is -2.00. The van der Waals surface area contributed by atoms with Gasteiger partial charge in [-0.15, -0.1) is 0 Å². The third-order valence-electron chi connectivity index (χ3n) is 3.13. The van der Waals surface area contributed by atoms with Crippen LogP contribution in [0.4, 0.5) is 0 Å². The summed E-state index contributed by atoms with van der Waals surface area (Å²) in [5, 5.41) is 10.1. The average molecular weight is 322 g/mol. The van der Waals surface area contributed by atoms with Crippen molar-refractivity contribution >= 4 is 11.8 Å². The minimum Gasteiger partial charge on any atom is -0.493 e. The number of aliphatic hydroxyl groups is 1. The molecular formula is C15H18N2O4S. The van der Waals surface area contributed by atoms with Gasteiger partial charge in [-0.2, -0.15) is 0 Å². The first-order valence-electron chi connectivity index (χ1n) is 6.49. The summed E-state index contributed by atoms with van der Waals surface area (Å²) in [5.41, 5.74) is 2.03. The fourth-order valence-electron chi connectivity index (χ4n) is 2.07. The van der Waals surface area contributed by atoms with Crippen molar-refractivity contribution in [2.45, 2.75) is 11.8 Å². The van der Waals surface area contributed by atoms with Crippen molar-refractivity contribution in [2.24, 2.45) is 0 Å². The summed E-state index contributed by atoms with van der Waals surface area (Å²) in [5.74, 6) is 1.58. The molecule has 7 heteroatoms. The summed E-state index contributed by atoms with van der Waals surface area (Å²) < 4.78 is 16.0. The van der Waals surface area contributed by atoms with E-state index in [0.29, 0.717) is 33.7 Å². The molecule has 0 aliphatic carbocycles. The number of thioether (sulfide) groups is 1. The van der Waals surface area contributed by atoms with Gasteiger partial charge in [0.2, 0.25) is 5.75 Å². The molecular weight excluding hydrogens is 304 g/mol. The van der Waals surface area contributed by atoms with Crippen LogP contribution in [0.25, 0.3) is 11.3 Å². The Bertz CT molecular complexity index is 639. The summed E-state index contributed by atoms with van der Waals surface area (Å²) >= 11 is 1.43. The summed E-state index contributed by atoms with van der Waals surface area (Å²) in [7, 11) is 4.67. The molecule has 0 aliphatic rings. The quantitative estimate of drug-likeness (QED) is 0.646. The van der Waals surface area contributed by atoms with Crippen LogP contribution in [0.5, 0.6) is 17.2 Å². The Morgan fingerprint density at radius 3 is 2.18 bits per heavy atom. The number of nitrogens with zero attached hydrogens (tertiary/aromatic N) is 2. The highest BCUT2D eigenvalue weighted by Crippen LogP contribution is 2.41. The summed E-state index contributed by atoms with van der Waals surface area (Å²) in [6.45, 7) is -0.152. The minimum absolute atomic E-state index is 0.152. The Hall–Kier alpha value is -1.99. The van der Waals surface area contributed by atoms with Crippen molar-refractivity contribution in [3.63, 3.8) is 0 Å². The van der Waals surface area contributed by atoms with Crippen LogP contribution in [0, 0.1) is 0 Å². The lowest BCUT2D eigenvalue weighted by molar-refractivity contribution is 0.281. The van der Waals surface area contributed by atoms with E-state index in [4.69, 9.17) is 14.2 Å². The maximum atomic E-state index is 9.52. The van der Waals surface area contributed by atoms with Crippen LogP contribution in [-0.2, 0) is 6.61 Å². The molecule has 6 nitrogen and oxygen atoms in total. The van der Waals surface area contributed by atoms with Crippen LogP contribution >= 0.6 is 11.8 Å². The zero-order chi connectivity index (χ0) is 16.1. The fraction of sp³-hybridized carbons (Fsp3) is 0.333. The van der Waals surface area contributed by atoms with E-state index in [1.807, 2.05) is 6.26 Å². The summed E-state index contributed by atoms with van der Waals surface area (Å²) in [6.07, 6.45) is 3.52. The van der Waals surface area contributed by atoms with E-state index in [-0.39, 0.29) is 6.61 Å². The fourth-order valence-corrected chi connectivity index (χ4v) is 2.41. The van der Waals surface area contributed by atoms with E-state index in [9.17, 15) is 5.11 Å². The molecule has 2 aromatic rings. The molecule has 118 valence electrons. The molecule has 0 saturated carbocycles. The molecule has 0 unspecified atom stereocenters. The number of hydrogen-bond donors (Lipinski definition) is 1. The second-order valence-corrected chi connectivity index (χ2v) is 5.08. The summed E-state index contributed by atoms with van der Waals surface area (Å²) in [6, 6.07) is 3.60. The smallest absolute Gasteiger partial charge is 0.203 e. The van der Waals surface area contributed by atoms with Crippen molar-refractivity contribution in [1.82, 2.24) is 9.97 Å². The number of aliphatic hydroxyl groups excluding tert-OH is 1. The van der Waals surface area contributed by atoms with Gasteiger partial charge in [0.05, 0.1) is 33.6 Å². The largest absolute Gasteiger partial charge is 0.493 e. The van der Waals surface area contributed by atoms with Crippen LogP contribution in [0.15, 0.2) is 23.5 Å². The molecule has 1 aromatic carbocycles. The molecule has 0 amide bonds. The van der Waals surface area contributed by atoms with E-state index < -0.39 is 0 Å². The first-order chi connectivity index (χ1) is 10.7. The minimum atomic E-state index is -0.152. The Morgan fingerprint density at radius 2 is 1.73 bits per heavy atom. The van der Waals surface area contributed by atoms with Crippen molar-refractivity contribution in [1.29, 1.82) is 0 Å². The topological polar surface area (TPSA) is 73.7 Å². The third-order valence-corrected chi connectivity index (χ3v) is 3.70. The zero-order valence-electron chi connectivity index (χ0n) is 12.9. The van der Waals surface area contributed by atoms with Crippen molar-refractivity contribution < 1.29 is 19.3 Å². The number of rotatable bonds is 6. The highest BCUT2D eigenvalue weighted by atomic mass is 32.2. The van der Waals surface area contributed by atoms with Crippen LogP contribution < -0.4 is 14.2 Å². The third kappa shape index (κ3) is 3.10. The van der Waals surface area contributed by atoms with E-state index in [0.717, 1.165) is 5.56 Å². The van der Waals surface area contributed by atoms with E-state index in [1.165, 1.54) is 11.8 Å². The van der Waals surface area contributed by atoms with Gasteiger partial charge in [-0.1, -0.05) is 11.8 Å². The highest BCUT2D eigenvalue weighted by Gasteiger charge is 2.17. The molecule has 2 rings (SSSR count). The Kier molecular flexibility index (Phi) is 5.46. The van der Waals surface area contributed by atoms with E-state index in [2.05, 4.69) is 9.97 Å². The van der Waals surface area contributed by atoms with Gasteiger partial charge in [0.1, 0.15) is 0 Å². The number of methoxy groups -OCH3 is 3. The van der Waals surface area contributed by atoms with Gasteiger partial charge in [-0.25, -0.2) is 9.97 Å². The molecule has 0 fully saturated rings. The average Bonchev–Trinajstić information content (AvgIpc) is 2.59. The lowest BCUT2D eigenvalue weighted by atomic mass is 10.1. The Balaban J connectivity index is 2.66. The SMILES string of the molecule is COc1cc(-c2nc(SC)ncc2CO)cc(OC)c1OC. The van der Waals surface area contributed by atoms with Crippen molar-refractivity contribution in [3.05, 3.63) is 23.9 Å². The first-order valence-corrected chi connectivity index (χ1v) is 7.72. The van der Waals surface area contributed by atoms with Crippen molar-refractivity contribution in [3.8, 4) is 28.5 Å². The first kappa shape index (κ1) is 16.4. The molecule has 0 radical (unpaired) electrons. The van der Waals surface area contributed by atoms with Gasteiger partial charge >= 0.3 is 0 Å². The summed E-state index contributed by atoms with van der Waals surface area (Å²) in [4.78, 5) is 8.66. The lowest BCUT2D eigenvalue weighted by Gasteiger charge is -2.15. The van der Waals surface area contributed by atoms with Gasteiger partial charge < -0.3 is 19.3 Å². The van der Waals surface area contributed by atoms with Gasteiger partial charge in [-0.05, 0) is 18.4 Å². The molecule has 0 spiro atoms. The van der Waals surface area contributed by atoms with Crippen molar-refractivity contribution in [2.75, 3.05) is 27.6 Å². The van der Waals surface area contributed by atoms with Gasteiger partial charge in [0.25, 0.3) is 0 Å². The maximum Gasteiger partial charge on any atom is 0.203 e. The highest BCUT2D eigenvalue weighted by molar-refractivity contribution is 7.98. The molecule has 0 bridgehead atoms. The Labute approximate surface area is 133 Å². The second-order valence-electron chi connectivity index (χ2n) is 4.30. The number of hydrogen-bond acceptors (Lipinski definition) is 7. The molecule has 1 aromatic heterocycles. The van der Waals surface area contributed by atoms with Gasteiger partial charge in [0.15, 0.2) is 16.7 Å². The predicted octanol–water partition coefficient (Wildman–Crippen LogP) is 2.38. The van der Waals surface area contributed by atoms with Crippen LogP contribution in [-0.4, -0.2) is 42.7 Å². The molecule has 0 atom stereocenters. The number of aromatic nitrogens is 2. The number of ether oxygens (including phenoxy) is 3. The predicted molar refractivity (Wildman–Crippen MR) is 84.8 cm³/mol. The van der Waals surface area contributed by atoms with E-state index >= 15 is 0 Å². The standard InChI is InChI=1S/C15H18N2O4S/c1-19-11-5-9(6-12(20-2)14(11)21-3)13-10(8-18)7-16-15(17-13)22-4/h5-7,18H,8H2,1-4H3. The monoisotopic (exact) mass is 322 g/mol. The molecule has 1 heterocycles. The van der Waals surface area contributed by atoms with Crippen LogP contribution in [0.2, 0.25) is 0 Å². The molecule has 0 aliphatic heterocycles. The maximum absolute atomic E-state index is 9.52. The van der Waals surface area contributed by atoms with Crippen LogP contribution in [0.1, 0.15) is 5.56 Å². The van der Waals surface area contributed by atoms with Gasteiger partial charge in [-0.3, -0.25) is 0 Å². The molecule has 1 N–H and O–H groups in total. The molecule has 22 heavy (non-hydrogen) atoms. The number of benzene rings is 1. The van der Waals surface area contributed by atoms with Gasteiger partial charge in [0, 0.05) is 17.3 Å². The molecule has 0 saturated heterocycles. The second kappa shape index (κ2) is 7.33. The normalized spacial score (nSPS) is 10.4. The zero-order valence-corrected chi connectivity index (χ0v) is 13.7. The van der Waals surface area contributed by atoms with E-state index in [1.54, 1.807) is 39.7 Å². The van der Waals surface area contributed by atoms with Crippen LogP contribution in [0.3, 0.4) is 0 Å².